The highest BCUT2D eigenvalue weighted by atomic mass is 16.1. The number of nitrogens with two attached hydrogens (primary N) is 1. The first-order valence-corrected chi connectivity index (χ1v) is 5.59. The van der Waals surface area contributed by atoms with E-state index in [9.17, 15) is 4.79 Å². The highest BCUT2D eigenvalue weighted by Gasteiger charge is 2.19. The van der Waals surface area contributed by atoms with Crippen LogP contribution in [0, 0.1) is 0 Å². The van der Waals surface area contributed by atoms with Crippen LogP contribution in [0.15, 0.2) is 12.7 Å². The molecule has 15 heavy (non-hydrogen) atoms. The predicted molar refractivity (Wildman–Crippen MR) is 61.4 cm³/mol. The molecule has 0 aromatic rings. The van der Waals surface area contributed by atoms with E-state index in [0.29, 0.717) is 25.2 Å². The molecule has 86 valence electrons. The second-order valence-corrected chi connectivity index (χ2v) is 4.10. The average molecular weight is 211 g/mol. The third kappa shape index (κ3) is 4.95. The summed E-state index contributed by atoms with van der Waals surface area (Å²) in [4.78, 5) is 11.4. The fraction of sp³-hybridized carbons (Fsp3) is 0.727. The van der Waals surface area contributed by atoms with Gasteiger partial charge in [-0.1, -0.05) is 6.08 Å². The van der Waals surface area contributed by atoms with E-state index in [0.717, 1.165) is 25.7 Å². The molecule has 1 fully saturated rings. The van der Waals surface area contributed by atoms with Gasteiger partial charge in [0.25, 0.3) is 0 Å². The Bertz CT molecular complexity index is 210. The Hall–Kier alpha value is -0.870. The molecule has 0 bridgehead atoms. The zero-order valence-electron chi connectivity index (χ0n) is 9.17. The van der Waals surface area contributed by atoms with E-state index in [1.165, 1.54) is 0 Å². The number of amides is 1. The SMILES string of the molecule is C=CCNCC(=O)NC1CCC(N)CC1. The van der Waals surface area contributed by atoms with Crippen LogP contribution < -0.4 is 16.4 Å². The largest absolute Gasteiger partial charge is 0.352 e. The Morgan fingerprint density at radius 1 is 1.40 bits per heavy atom. The zero-order chi connectivity index (χ0) is 11.1. The van der Waals surface area contributed by atoms with Crippen molar-refractivity contribution >= 4 is 5.91 Å². The lowest BCUT2D eigenvalue weighted by atomic mass is 9.92. The smallest absolute Gasteiger partial charge is 0.234 e. The van der Waals surface area contributed by atoms with Gasteiger partial charge in [-0.2, -0.15) is 0 Å². The first-order chi connectivity index (χ1) is 7.22. The lowest BCUT2D eigenvalue weighted by Gasteiger charge is -2.26. The van der Waals surface area contributed by atoms with Gasteiger partial charge in [0.2, 0.25) is 5.91 Å². The summed E-state index contributed by atoms with van der Waals surface area (Å²) in [6.45, 7) is 4.61. The lowest BCUT2D eigenvalue weighted by Crippen LogP contribution is -2.43. The van der Waals surface area contributed by atoms with Crippen LogP contribution in [0.1, 0.15) is 25.7 Å². The molecule has 1 amide bonds. The molecule has 4 heteroatoms. The molecule has 0 aromatic heterocycles. The van der Waals surface area contributed by atoms with E-state index < -0.39 is 0 Å². The molecular weight excluding hydrogens is 190 g/mol. The van der Waals surface area contributed by atoms with Crippen LogP contribution in [0.3, 0.4) is 0 Å². The van der Waals surface area contributed by atoms with Crippen molar-refractivity contribution in [2.24, 2.45) is 5.73 Å². The van der Waals surface area contributed by atoms with Gasteiger partial charge in [0, 0.05) is 18.6 Å². The van der Waals surface area contributed by atoms with Gasteiger partial charge in [-0.3, -0.25) is 4.79 Å². The topological polar surface area (TPSA) is 67.2 Å². The van der Waals surface area contributed by atoms with Crippen molar-refractivity contribution in [3.8, 4) is 0 Å². The molecule has 0 aromatic carbocycles. The summed E-state index contributed by atoms with van der Waals surface area (Å²) < 4.78 is 0. The van der Waals surface area contributed by atoms with Crippen molar-refractivity contribution in [2.75, 3.05) is 13.1 Å². The van der Waals surface area contributed by atoms with Crippen molar-refractivity contribution in [3.63, 3.8) is 0 Å². The van der Waals surface area contributed by atoms with Gasteiger partial charge < -0.3 is 16.4 Å². The van der Waals surface area contributed by atoms with E-state index in [1.807, 2.05) is 0 Å². The summed E-state index contributed by atoms with van der Waals surface area (Å²) in [5.41, 5.74) is 5.79. The van der Waals surface area contributed by atoms with Crippen molar-refractivity contribution in [3.05, 3.63) is 12.7 Å². The zero-order valence-corrected chi connectivity index (χ0v) is 9.17. The summed E-state index contributed by atoms with van der Waals surface area (Å²) in [7, 11) is 0. The molecule has 0 aliphatic heterocycles. The van der Waals surface area contributed by atoms with E-state index in [1.54, 1.807) is 6.08 Å². The molecule has 0 atom stereocenters. The number of hydrogen-bond acceptors (Lipinski definition) is 3. The third-order valence-electron chi connectivity index (χ3n) is 2.71. The molecule has 4 N–H and O–H groups in total. The summed E-state index contributed by atoms with van der Waals surface area (Å²) in [6, 6.07) is 0.653. The first-order valence-electron chi connectivity index (χ1n) is 5.59. The number of carbonyl (C=O) groups excluding carboxylic acids is 1. The number of hydrogen-bond donors (Lipinski definition) is 3. The highest BCUT2D eigenvalue weighted by Crippen LogP contribution is 2.16. The minimum atomic E-state index is 0.0670. The quantitative estimate of drug-likeness (QED) is 0.448. The molecule has 0 unspecified atom stereocenters. The molecule has 0 heterocycles. The molecule has 0 spiro atoms. The third-order valence-corrected chi connectivity index (χ3v) is 2.71. The molecule has 1 aliphatic rings. The maximum Gasteiger partial charge on any atom is 0.234 e. The average Bonchev–Trinajstić information content (AvgIpc) is 2.22. The van der Waals surface area contributed by atoms with Crippen LogP contribution in [0.4, 0.5) is 0 Å². The van der Waals surface area contributed by atoms with Gasteiger partial charge >= 0.3 is 0 Å². The fourth-order valence-electron chi connectivity index (χ4n) is 1.83. The predicted octanol–water partition coefficient (Wildman–Crippen LogP) is 0.148. The van der Waals surface area contributed by atoms with Gasteiger partial charge in [0.05, 0.1) is 6.54 Å². The molecule has 1 rings (SSSR count). The van der Waals surface area contributed by atoms with Crippen molar-refractivity contribution < 1.29 is 4.79 Å². The number of nitrogens with one attached hydrogen (secondary N) is 2. The second kappa shape index (κ2) is 6.58. The molecular formula is C11H21N3O. The van der Waals surface area contributed by atoms with E-state index >= 15 is 0 Å². The summed E-state index contributed by atoms with van der Waals surface area (Å²) >= 11 is 0. The number of carbonyl (C=O) groups is 1. The standard InChI is InChI=1S/C11H21N3O/c1-2-7-13-8-11(15)14-10-5-3-9(12)4-6-10/h2,9-10,13H,1,3-8,12H2,(H,14,15). The van der Waals surface area contributed by atoms with Crippen LogP contribution in [-0.4, -0.2) is 31.1 Å². The van der Waals surface area contributed by atoms with E-state index in [-0.39, 0.29) is 5.91 Å². The number of rotatable bonds is 5. The van der Waals surface area contributed by atoms with Crippen molar-refractivity contribution in [1.82, 2.24) is 10.6 Å². The van der Waals surface area contributed by atoms with E-state index in [2.05, 4.69) is 17.2 Å². The van der Waals surface area contributed by atoms with Crippen LogP contribution in [0.2, 0.25) is 0 Å². The Balaban J connectivity index is 2.12. The summed E-state index contributed by atoms with van der Waals surface area (Å²) in [5.74, 6) is 0.0670. The van der Waals surface area contributed by atoms with Crippen LogP contribution in [0.25, 0.3) is 0 Å². The van der Waals surface area contributed by atoms with Crippen molar-refractivity contribution in [2.45, 2.75) is 37.8 Å². The first kappa shape index (κ1) is 12.2. The van der Waals surface area contributed by atoms with Gasteiger partial charge in [0.1, 0.15) is 0 Å². The van der Waals surface area contributed by atoms with Gasteiger partial charge in [-0.25, -0.2) is 0 Å². The molecule has 1 aliphatic carbocycles. The Kier molecular flexibility index (Phi) is 5.36. The Labute approximate surface area is 91.3 Å². The maximum absolute atomic E-state index is 11.4. The molecule has 0 radical (unpaired) electrons. The molecule has 4 nitrogen and oxygen atoms in total. The van der Waals surface area contributed by atoms with Crippen LogP contribution in [0.5, 0.6) is 0 Å². The molecule has 1 saturated carbocycles. The summed E-state index contributed by atoms with van der Waals surface area (Å²) in [6.07, 6.45) is 5.80. The minimum Gasteiger partial charge on any atom is -0.352 e. The van der Waals surface area contributed by atoms with Crippen LogP contribution in [-0.2, 0) is 4.79 Å². The maximum atomic E-state index is 11.4. The second-order valence-electron chi connectivity index (χ2n) is 4.10. The van der Waals surface area contributed by atoms with Gasteiger partial charge in [-0.05, 0) is 25.7 Å². The minimum absolute atomic E-state index is 0.0670. The highest BCUT2D eigenvalue weighted by molar-refractivity contribution is 5.78. The fourth-order valence-corrected chi connectivity index (χ4v) is 1.83. The van der Waals surface area contributed by atoms with Crippen molar-refractivity contribution in [1.29, 1.82) is 0 Å². The Morgan fingerprint density at radius 2 is 2.07 bits per heavy atom. The monoisotopic (exact) mass is 211 g/mol. The van der Waals surface area contributed by atoms with Gasteiger partial charge in [-0.15, -0.1) is 6.58 Å². The molecule has 0 saturated heterocycles. The van der Waals surface area contributed by atoms with E-state index in [4.69, 9.17) is 5.73 Å². The normalized spacial score (nSPS) is 25.9. The Morgan fingerprint density at radius 3 is 2.67 bits per heavy atom. The van der Waals surface area contributed by atoms with Gasteiger partial charge in [0.15, 0.2) is 0 Å². The summed E-state index contributed by atoms with van der Waals surface area (Å²) in [5, 5.41) is 5.99. The lowest BCUT2D eigenvalue weighted by molar-refractivity contribution is -0.121. The van der Waals surface area contributed by atoms with Crippen LogP contribution >= 0.6 is 0 Å².